The van der Waals surface area contributed by atoms with Gasteiger partial charge in [0.05, 0.1) is 6.04 Å². The highest BCUT2D eigenvalue weighted by Gasteiger charge is 2.25. The van der Waals surface area contributed by atoms with Gasteiger partial charge in [-0.2, -0.15) is 11.8 Å². The van der Waals surface area contributed by atoms with Gasteiger partial charge in [-0.3, -0.25) is 10.3 Å². The van der Waals surface area contributed by atoms with Gasteiger partial charge in [0.25, 0.3) is 0 Å². The molecule has 0 aromatic rings. The first-order chi connectivity index (χ1) is 6.70. The molecular weight excluding hydrogens is 194 g/mol. The van der Waals surface area contributed by atoms with Crippen molar-refractivity contribution in [2.45, 2.75) is 19.9 Å². The fraction of sp³-hybridized carbons (Fsp3) is 0.900. The molecule has 1 heterocycles. The molecule has 1 N–H and O–H groups in total. The van der Waals surface area contributed by atoms with Crippen molar-refractivity contribution in [3.8, 4) is 0 Å². The Labute approximate surface area is 91.3 Å². The Morgan fingerprint density at radius 2 is 2.14 bits per heavy atom. The molecule has 3 nitrogen and oxygen atoms in total. The predicted octanol–water partition coefficient (Wildman–Crippen LogP) is 1.35. The molecule has 1 saturated heterocycles. The first-order valence-corrected chi connectivity index (χ1v) is 6.47. The molecule has 0 aliphatic carbocycles. The van der Waals surface area contributed by atoms with Gasteiger partial charge < -0.3 is 4.90 Å². The van der Waals surface area contributed by atoms with E-state index in [9.17, 15) is 0 Å². The molecule has 1 aliphatic heterocycles. The zero-order chi connectivity index (χ0) is 10.6. The fourth-order valence-electron chi connectivity index (χ4n) is 1.75. The number of thioether (sulfide) groups is 1. The van der Waals surface area contributed by atoms with Crippen LogP contribution in [0.4, 0.5) is 0 Å². The van der Waals surface area contributed by atoms with Gasteiger partial charge in [0, 0.05) is 31.1 Å². The first kappa shape index (κ1) is 11.9. The monoisotopic (exact) mass is 215 g/mol. The van der Waals surface area contributed by atoms with E-state index < -0.39 is 0 Å². The number of rotatable bonds is 3. The third-order valence-electron chi connectivity index (χ3n) is 2.82. The van der Waals surface area contributed by atoms with E-state index in [1.807, 2.05) is 11.8 Å². The summed E-state index contributed by atoms with van der Waals surface area (Å²) in [6.07, 6.45) is 0. The summed E-state index contributed by atoms with van der Waals surface area (Å²) in [5.74, 6) is 3.08. The molecule has 1 fully saturated rings. The third-order valence-corrected chi connectivity index (χ3v) is 3.84. The van der Waals surface area contributed by atoms with E-state index in [2.05, 4.69) is 30.7 Å². The summed E-state index contributed by atoms with van der Waals surface area (Å²) in [5, 5.41) is 8.14. The highest BCUT2D eigenvalue weighted by Crippen LogP contribution is 2.16. The molecule has 0 spiro atoms. The Balaban J connectivity index is 2.57. The average molecular weight is 215 g/mol. The first-order valence-electron chi connectivity index (χ1n) is 5.32. The number of amidine groups is 1. The standard InChI is InChI=1S/C10H21N3S/c1-4-13(5-2)10(11)9-8-14-7-6-12(9)3/h9,11H,4-8H2,1-3H3. The van der Waals surface area contributed by atoms with Crippen LogP contribution in [-0.2, 0) is 0 Å². The van der Waals surface area contributed by atoms with Gasteiger partial charge in [0.15, 0.2) is 0 Å². The lowest BCUT2D eigenvalue weighted by atomic mass is 10.2. The molecular formula is C10H21N3S. The second-order valence-corrected chi connectivity index (χ2v) is 4.78. The van der Waals surface area contributed by atoms with E-state index in [1.165, 1.54) is 5.75 Å². The van der Waals surface area contributed by atoms with E-state index in [0.29, 0.717) is 6.04 Å². The second-order valence-electron chi connectivity index (χ2n) is 3.63. The van der Waals surface area contributed by atoms with E-state index in [1.54, 1.807) is 0 Å². The average Bonchev–Trinajstić information content (AvgIpc) is 2.20. The molecule has 1 aliphatic rings. The lowest BCUT2D eigenvalue weighted by Crippen LogP contribution is -2.50. The molecule has 0 bridgehead atoms. The number of nitrogens with zero attached hydrogens (tertiary/aromatic N) is 2. The van der Waals surface area contributed by atoms with Crippen LogP contribution in [0.5, 0.6) is 0 Å². The summed E-state index contributed by atoms with van der Waals surface area (Å²) in [5.41, 5.74) is 0. The maximum atomic E-state index is 8.14. The van der Waals surface area contributed by atoms with Crippen molar-refractivity contribution in [2.24, 2.45) is 0 Å². The molecule has 4 heteroatoms. The van der Waals surface area contributed by atoms with Crippen LogP contribution in [0.25, 0.3) is 0 Å². The Kier molecular flexibility index (Phi) is 4.75. The molecule has 0 radical (unpaired) electrons. The van der Waals surface area contributed by atoms with Crippen molar-refractivity contribution in [1.29, 1.82) is 5.41 Å². The van der Waals surface area contributed by atoms with Crippen molar-refractivity contribution >= 4 is 17.6 Å². The molecule has 0 aromatic heterocycles. The zero-order valence-electron chi connectivity index (χ0n) is 9.42. The van der Waals surface area contributed by atoms with Crippen molar-refractivity contribution in [1.82, 2.24) is 9.80 Å². The Morgan fingerprint density at radius 3 is 2.64 bits per heavy atom. The van der Waals surface area contributed by atoms with Gasteiger partial charge in [0.2, 0.25) is 0 Å². The summed E-state index contributed by atoms with van der Waals surface area (Å²) in [6.45, 7) is 7.25. The lowest BCUT2D eigenvalue weighted by Gasteiger charge is -2.36. The molecule has 1 atom stereocenters. The lowest BCUT2D eigenvalue weighted by molar-refractivity contribution is 0.299. The molecule has 82 valence electrons. The van der Waals surface area contributed by atoms with Crippen molar-refractivity contribution in [2.75, 3.05) is 38.2 Å². The molecule has 0 amide bonds. The van der Waals surface area contributed by atoms with Crippen LogP contribution in [0, 0.1) is 5.41 Å². The summed E-state index contributed by atoms with van der Waals surface area (Å²) in [7, 11) is 2.13. The van der Waals surface area contributed by atoms with Crippen LogP contribution in [-0.4, -0.2) is 59.9 Å². The number of hydrogen-bond acceptors (Lipinski definition) is 3. The van der Waals surface area contributed by atoms with Crippen LogP contribution in [0.2, 0.25) is 0 Å². The smallest absolute Gasteiger partial charge is 0.114 e. The molecule has 1 unspecified atom stereocenters. The van der Waals surface area contributed by atoms with Crippen molar-refractivity contribution in [3.63, 3.8) is 0 Å². The molecule has 0 saturated carbocycles. The van der Waals surface area contributed by atoms with E-state index in [0.717, 1.165) is 31.2 Å². The SMILES string of the molecule is CCN(CC)C(=N)C1CSCCN1C. The van der Waals surface area contributed by atoms with Crippen LogP contribution >= 0.6 is 11.8 Å². The predicted molar refractivity (Wildman–Crippen MR) is 64.4 cm³/mol. The number of hydrogen-bond donors (Lipinski definition) is 1. The summed E-state index contributed by atoms with van der Waals surface area (Å²) < 4.78 is 0. The Morgan fingerprint density at radius 1 is 1.50 bits per heavy atom. The molecule has 0 aromatic carbocycles. The van der Waals surface area contributed by atoms with Crippen LogP contribution in [0.1, 0.15) is 13.8 Å². The largest absolute Gasteiger partial charge is 0.360 e. The van der Waals surface area contributed by atoms with E-state index in [-0.39, 0.29) is 0 Å². The van der Waals surface area contributed by atoms with E-state index >= 15 is 0 Å². The molecule has 1 rings (SSSR count). The third kappa shape index (κ3) is 2.64. The Hall–Kier alpha value is -0.220. The van der Waals surface area contributed by atoms with Gasteiger partial charge in [-0.1, -0.05) is 0 Å². The minimum atomic E-state index is 0.327. The number of likely N-dealkylation sites (N-methyl/N-ethyl adjacent to an activating group) is 2. The van der Waals surface area contributed by atoms with Gasteiger partial charge >= 0.3 is 0 Å². The summed E-state index contributed by atoms with van der Waals surface area (Å²) in [6, 6.07) is 0.327. The second kappa shape index (κ2) is 5.61. The maximum absolute atomic E-state index is 8.14. The maximum Gasteiger partial charge on any atom is 0.114 e. The summed E-state index contributed by atoms with van der Waals surface area (Å²) in [4.78, 5) is 4.45. The van der Waals surface area contributed by atoms with Gasteiger partial charge in [-0.05, 0) is 20.9 Å². The van der Waals surface area contributed by atoms with Gasteiger partial charge in [-0.25, -0.2) is 0 Å². The fourth-order valence-corrected chi connectivity index (χ4v) is 2.97. The minimum Gasteiger partial charge on any atom is -0.360 e. The zero-order valence-corrected chi connectivity index (χ0v) is 10.2. The Bertz CT molecular complexity index is 192. The van der Waals surface area contributed by atoms with Crippen molar-refractivity contribution < 1.29 is 0 Å². The highest BCUT2D eigenvalue weighted by molar-refractivity contribution is 7.99. The summed E-state index contributed by atoms with van der Waals surface area (Å²) >= 11 is 1.96. The van der Waals surface area contributed by atoms with Gasteiger partial charge in [-0.15, -0.1) is 0 Å². The van der Waals surface area contributed by atoms with Crippen LogP contribution in [0.15, 0.2) is 0 Å². The number of nitrogens with one attached hydrogen (secondary N) is 1. The minimum absolute atomic E-state index is 0.327. The van der Waals surface area contributed by atoms with Crippen LogP contribution in [0.3, 0.4) is 0 Å². The van der Waals surface area contributed by atoms with Crippen LogP contribution < -0.4 is 0 Å². The topological polar surface area (TPSA) is 30.3 Å². The molecule has 14 heavy (non-hydrogen) atoms. The normalized spacial score (nSPS) is 23.5. The van der Waals surface area contributed by atoms with Gasteiger partial charge in [0.1, 0.15) is 5.84 Å². The highest BCUT2D eigenvalue weighted by atomic mass is 32.2. The van der Waals surface area contributed by atoms with Crippen molar-refractivity contribution in [3.05, 3.63) is 0 Å². The van der Waals surface area contributed by atoms with E-state index in [4.69, 9.17) is 5.41 Å². The quantitative estimate of drug-likeness (QED) is 0.569.